The summed E-state index contributed by atoms with van der Waals surface area (Å²) in [6.45, 7) is 2.73. The largest absolute Gasteiger partial charge is 0.326 e. The maximum absolute atomic E-state index is 6.17. The summed E-state index contributed by atoms with van der Waals surface area (Å²) in [6, 6.07) is 1.21. The Morgan fingerprint density at radius 3 is 2.27 bits per heavy atom. The minimum atomic E-state index is 0.478. The molecule has 0 aromatic carbocycles. The SMILES string of the molecule is NC1CCCC1N1CC2(CCCCC2)C1. The molecule has 3 fully saturated rings. The van der Waals surface area contributed by atoms with Gasteiger partial charge in [0.2, 0.25) is 0 Å². The minimum absolute atomic E-state index is 0.478. The molecule has 3 aliphatic rings. The van der Waals surface area contributed by atoms with Crippen LogP contribution in [0.2, 0.25) is 0 Å². The Morgan fingerprint density at radius 1 is 0.933 bits per heavy atom. The molecule has 2 atom stereocenters. The molecule has 2 N–H and O–H groups in total. The summed E-state index contributed by atoms with van der Waals surface area (Å²) in [5, 5.41) is 0. The molecule has 0 aromatic rings. The van der Waals surface area contributed by atoms with Gasteiger partial charge in [0.05, 0.1) is 0 Å². The van der Waals surface area contributed by atoms with Gasteiger partial charge in [0.1, 0.15) is 0 Å². The molecule has 0 amide bonds. The lowest BCUT2D eigenvalue weighted by Gasteiger charge is -2.55. The van der Waals surface area contributed by atoms with Crippen molar-refractivity contribution in [2.24, 2.45) is 11.1 Å². The molecule has 0 radical (unpaired) electrons. The van der Waals surface area contributed by atoms with E-state index in [1.807, 2.05) is 0 Å². The molecule has 2 saturated carbocycles. The maximum atomic E-state index is 6.17. The summed E-state index contributed by atoms with van der Waals surface area (Å²) in [4.78, 5) is 2.68. The number of nitrogens with zero attached hydrogens (tertiary/aromatic N) is 1. The average Bonchev–Trinajstić information content (AvgIpc) is 2.62. The normalized spacial score (nSPS) is 40.6. The first kappa shape index (κ1) is 10.1. The zero-order valence-corrected chi connectivity index (χ0v) is 9.75. The van der Waals surface area contributed by atoms with Crippen LogP contribution in [0.5, 0.6) is 0 Å². The molecule has 2 unspecified atom stereocenters. The smallest absolute Gasteiger partial charge is 0.0247 e. The molecular weight excluding hydrogens is 184 g/mol. The number of likely N-dealkylation sites (tertiary alicyclic amines) is 1. The number of nitrogens with two attached hydrogens (primary N) is 1. The van der Waals surface area contributed by atoms with E-state index in [1.165, 1.54) is 64.5 Å². The Labute approximate surface area is 93.2 Å². The average molecular weight is 208 g/mol. The van der Waals surface area contributed by atoms with Gasteiger partial charge in [-0.05, 0) is 31.1 Å². The fourth-order valence-electron chi connectivity index (χ4n) is 4.09. The van der Waals surface area contributed by atoms with Gasteiger partial charge in [0, 0.05) is 25.2 Å². The van der Waals surface area contributed by atoms with E-state index < -0.39 is 0 Å². The topological polar surface area (TPSA) is 29.3 Å². The summed E-state index contributed by atoms with van der Waals surface area (Å²) in [6.07, 6.45) is 11.4. The number of hydrogen-bond donors (Lipinski definition) is 1. The second-order valence-corrected chi connectivity index (χ2v) is 6.13. The van der Waals surface area contributed by atoms with Gasteiger partial charge in [0.15, 0.2) is 0 Å². The van der Waals surface area contributed by atoms with Gasteiger partial charge in [-0.3, -0.25) is 4.90 Å². The summed E-state index contributed by atoms with van der Waals surface area (Å²) < 4.78 is 0. The Kier molecular flexibility index (Phi) is 2.52. The van der Waals surface area contributed by atoms with Crippen LogP contribution in [-0.4, -0.2) is 30.1 Å². The molecule has 1 saturated heterocycles. The summed E-state index contributed by atoms with van der Waals surface area (Å²) in [5.74, 6) is 0. The molecule has 0 aromatic heterocycles. The van der Waals surface area contributed by atoms with E-state index in [1.54, 1.807) is 0 Å². The Hall–Kier alpha value is -0.0800. The third-order valence-corrected chi connectivity index (χ3v) is 4.99. The molecule has 15 heavy (non-hydrogen) atoms. The highest BCUT2D eigenvalue weighted by Crippen LogP contribution is 2.45. The predicted octanol–water partition coefficient (Wildman–Crippen LogP) is 2.13. The van der Waals surface area contributed by atoms with Crippen molar-refractivity contribution < 1.29 is 0 Å². The van der Waals surface area contributed by atoms with E-state index >= 15 is 0 Å². The molecule has 0 bridgehead atoms. The van der Waals surface area contributed by atoms with Crippen molar-refractivity contribution in [3.05, 3.63) is 0 Å². The lowest BCUT2D eigenvalue weighted by Crippen LogP contribution is -2.62. The fraction of sp³-hybridized carbons (Fsp3) is 1.00. The van der Waals surface area contributed by atoms with Gasteiger partial charge >= 0.3 is 0 Å². The van der Waals surface area contributed by atoms with Crippen molar-refractivity contribution in [2.75, 3.05) is 13.1 Å². The lowest BCUT2D eigenvalue weighted by molar-refractivity contribution is -0.0564. The van der Waals surface area contributed by atoms with E-state index in [0.717, 1.165) is 11.5 Å². The van der Waals surface area contributed by atoms with E-state index in [4.69, 9.17) is 5.73 Å². The quantitative estimate of drug-likeness (QED) is 0.715. The van der Waals surface area contributed by atoms with Crippen LogP contribution in [-0.2, 0) is 0 Å². The first-order chi connectivity index (χ1) is 7.29. The maximum Gasteiger partial charge on any atom is 0.0247 e. The van der Waals surface area contributed by atoms with Crippen LogP contribution < -0.4 is 5.73 Å². The van der Waals surface area contributed by atoms with E-state index in [-0.39, 0.29) is 0 Å². The standard InChI is InChI=1S/C13H24N2/c14-11-5-4-6-12(11)15-9-13(10-15)7-2-1-3-8-13/h11-12H,1-10,14H2. The van der Waals surface area contributed by atoms with Gasteiger partial charge < -0.3 is 5.73 Å². The molecule has 1 spiro atoms. The Morgan fingerprint density at radius 2 is 1.67 bits per heavy atom. The molecule has 86 valence electrons. The third-order valence-electron chi connectivity index (χ3n) is 4.99. The van der Waals surface area contributed by atoms with E-state index in [9.17, 15) is 0 Å². The third kappa shape index (κ3) is 1.72. The second kappa shape index (κ2) is 3.74. The van der Waals surface area contributed by atoms with Crippen molar-refractivity contribution in [2.45, 2.75) is 63.5 Å². The van der Waals surface area contributed by atoms with Gasteiger partial charge in [-0.25, -0.2) is 0 Å². The summed E-state index contributed by atoms with van der Waals surface area (Å²) >= 11 is 0. The highest BCUT2D eigenvalue weighted by atomic mass is 15.3. The monoisotopic (exact) mass is 208 g/mol. The minimum Gasteiger partial charge on any atom is -0.326 e. The van der Waals surface area contributed by atoms with Crippen LogP contribution in [0.4, 0.5) is 0 Å². The van der Waals surface area contributed by atoms with E-state index in [2.05, 4.69) is 4.90 Å². The van der Waals surface area contributed by atoms with Gasteiger partial charge in [-0.15, -0.1) is 0 Å². The Bertz CT molecular complexity index is 225. The van der Waals surface area contributed by atoms with Crippen LogP contribution in [0.15, 0.2) is 0 Å². The van der Waals surface area contributed by atoms with E-state index in [0.29, 0.717) is 6.04 Å². The number of rotatable bonds is 1. The fourth-order valence-corrected chi connectivity index (χ4v) is 4.09. The Balaban J connectivity index is 1.56. The van der Waals surface area contributed by atoms with Crippen molar-refractivity contribution in [1.29, 1.82) is 0 Å². The first-order valence-corrected chi connectivity index (χ1v) is 6.79. The molecule has 3 rings (SSSR count). The van der Waals surface area contributed by atoms with Gasteiger partial charge in [-0.1, -0.05) is 25.7 Å². The highest BCUT2D eigenvalue weighted by Gasteiger charge is 2.47. The van der Waals surface area contributed by atoms with Gasteiger partial charge in [-0.2, -0.15) is 0 Å². The second-order valence-electron chi connectivity index (χ2n) is 6.13. The lowest BCUT2D eigenvalue weighted by atomic mass is 9.68. The first-order valence-electron chi connectivity index (χ1n) is 6.79. The number of hydrogen-bond acceptors (Lipinski definition) is 2. The van der Waals surface area contributed by atoms with Crippen LogP contribution in [0.25, 0.3) is 0 Å². The molecule has 1 heterocycles. The van der Waals surface area contributed by atoms with Gasteiger partial charge in [0.25, 0.3) is 0 Å². The van der Waals surface area contributed by atoms with Crippen molar-refractivity contribution >= 4 is 0 Å². The van der Waals surface area contributed by atoms with Crippen LogP contribution in [0.3, 0.4) is 0 Å². The van der Waals surface area contributed by atoms with Crippen molar-refractivity contribution in [3.8, 4) is 0 Å². The molecular formula is C13H24N2. The zero-order valence-electron chi connectivity index (χ0n) is 9.75. The van der Waals surface area contributed by atoms with Crippen LogP contribution in [0.1, 0.15) is 51.4 Å². The van der Waals surface area contributed by atoms with Crippen LogP contribution >= 0.6 is 0 Å². The molecule has 2 aliphatic carbocycles. The van der Waals surface area contributed by atoms with Crippen molar-refractivity contribution in [1.82, 2.24) is 4.90 Å². The molecule has 1 aliphatic heterocycles. The van der Waals surface area contributed by atoms with Crippen LogP contribution in [0, 0.1) is 5.41 Å². The predicted molar refractivity (Wildman–Crippen MR) is 62.7 cm³/mol. The molecule has 2 heteroatoms. The summed E-state index contributed by atoms with van der Waals surface area (Å²) in [7, 11) is 0. The highest BCUT2D eigenvalue weighted by molar-refractivity contribution is 5.02. The zero-order chi connectivity index (χ0) is 10.3. The van der Waals surface area contributed by atoms with Crippen molar-refractivity contribution in [3.63, 3.8) is 0 Å². The molecule has 2 nitrogen and oxygen atoms in total. The summed E-state index contributed by atoms with van der Waals surface area (Å²) in [5.41, 5.74) is 6.90.